The fraction of sp³-hybridized carbons (Fsp3) is 0.0667. The maximum atomic E-state index is 15.2. The number of nitriles is 3. The Labute approximate surface area is 244 Å². The van der Waals surface area contributed by atoms with Gasteiger partial charge in [-0.25, -0.2) is 48.9 Å². The van der Waals surface area contributed by atoms with Gasteiger partial charge in [0.1, 0.15) is 18.2 Å². The summed E-state index contributed by atoms with van der Waals surface area (Å²) in [5.41, 5.74) is -17.0. The summed E-state index contributed by atoms with van der Waals surface area (Å²) in [7, 11) is 0. The molecular formula is C30H7F11N4. The van der Waals surface area contributed by atoms with Gasteiger partial charge in [0.05, 0.1) is 33.4 Å². The zero-order valence-electron chi connectivity index (χ0n) is 22.0. The maximum Gasteiger partial charge on any atom is 0.250 e. The molecule has 45 heavy (non-hydrogen) atoms. The van der Waals surface area contributed by atoms with E-state index in [0.717, 1.165) is 18.2 Å². The second kappa shape index (κ2) is 11.3. The molecule has 1 aliphatic rings. The number of benzene rings is 2. The minimum atomic E-state index is -2.23. The van der Waals surface area contributed by atoms with Crippen LogP contribution in [0.15, 0.2) is 16.7 Å². The average Bonchev–Trinajstić information content (AvgIpc) is 3.74. The van der Waals surface area contributed by atoms with Gasteiger partial charge in [0.2, 0.25) is 0 Å². The Morgan fingerprint density at radius 3 is 1.04 bits per heavy atom. The molecule has 4 rings (SSSR count). The molecule has 4 nitrogen and oxygen atoms in total. The van der Waals surface area contributed by atoms with E-state index < -0.39 is 131 Å². The molecule has 224 valence electrons. The topological polar surface area (TPSA) is 84.3 Å². The van der Waals surface area contributed by atoms with E-state index in [-0.39, 0.29) is 0 Å². The summed E-state index contributed by atoms with van der Waals surface area (Å²) < 4.78 is 162. The molecule has 3 aromatic rings. The lowest BCUT2D eigenvalue weighted by Gasteiger charge is -2.09. The fourth-order valence-corrected chi connectivity index (χ4v) is 4.40. The molecule has 1 saturated carbocycles. The van der Waals surface area contributed by atoms with Gasteiger partial charge in [0.15, 0.2) is 63.9 Å². The highest BCUT2D eigenvalue weighted by atomic mass is 19.2. The summed E-state index contributed by atoms with van der Waals surface area (Å²) in [6.07, 6.45) is 5.01. The van der Waals surface area contributed by atoms with E-state index in [1.807, 2.05) is 0 Å². The number of halogens is 11. The Hall–Kier alpha value is -5.93. The zero-order valence-corrected chi connectivity index (χ0v) is 22.0. The van der Waals surface area contributed by atoms with Crippen molar-refractivity contribution in [2.24, 2.45) is 0 Å². The Morgan fingerprint density at radius 2 is 0.778 bits per heavy atom. The number of pyridine rings is 1. The van der Waals surface area contributed by atoms with Gasteiger partial charge in [-0.05, 0) is 19.8 Å². The summed E-state index contributed by atoms with van der Waals surface area (Å²) in [5.74, 6) is -21.8. The van der Waals surface area contributed by atoms with E-state index in [0.29, 0.717) is 13.8 Å². The number of hydrogen-bond donors (Lipinski definition) is 0. The lowest BCUT2D eigenvalue weighted by molar-refractivity contribution is 0.442. The fourth-order valence-electron chi connectivity index (χ4n) is 4.40. The molecule has 1 aromatic heterocycles. The molecule has 0 atom stereocenters. The molecule has 1 fully saturated rings. The number of rotatable bonds is 3. The summed E-state index contributed by atoms with van der Waals surface area (Å²) in [6.45, 7) is 1.21. The van der Waals surface area contributed by atoms with Crippen molar-refractivity contribution in [1.82, 2.24) is 4.98 Å². The van der Waals surface area contributed by atoms with Crippen LogP contribution in [0.3, 0.4) is 0 Å². The van der Waals surface area contributed by atoms with E-state index in [1.54, 1.807) is 0 Å². The summed E-state index contributed by atoms with van der Waals surface area (Å²) in [5, 5.41) is 29.5. The third-order valence-electron chi connectivity index (χ3n) is 6.66. The van der Waals surface area contributed by atoms with Crippen molar-refractivity contribution in [3.8, 4) is 30.6 Å². The summed E-state index contributed by atoms with van der Waals surface area (Å²) >= 11 is 0. The van der Waals surface area contributed by atoms with Crippen LogP contribution in [-0.4, -0.2) is 4.98 Å². The van der Waals surface area contributed by atoms with Crippen molar-refractivity contribution in [2.45, 2.75) is 13.8 Å². The standard InChI is InChI=1S/C30H7F11N4/c1-4-13-24(35)17(29(40)30(41)45-13)10(5-42)14-15(11(6-43)18-25(36)20(31)8(2)21(32)26(18)37)16(14)12(7-44)19-27(38)22(33)9(3)23(34)28(19)39/h1H,2-3H3/b14-10-,15-11+,16-12?. The minimum Gasteiger partial charge on any atom is -0.205 e. The molecule has 1 aliphatic carbocycles. The van der Waals surface area contributed by atoms with Crippen molar-refractivity contribution in [1.29, 1.82) is 15.8 Å². The van der Waals surface area contributed by atoms with Gasteiger partial charge in [-0.2, -0.15) is 20.2 Å². The van der Waals surface area contributed by atoms with Crippen molar-refractivity contribution < 1.29 is 48.3 Å². The van der Waals surface area contributed by atoms with E-state index in [2.05, 4.69) is 4.98 Å². The normalized spacial score (nSPS) is 15.5. The molecule has 0 unspecified atom stereocenters. The lowest BCUT2D eigenvalue weighted by atomic mass is 9.99. The average molecular weight is 632 g/mol. The molecule has 1 heterocycles. The third kappa shape index (κ3) is 4.57. The van der Waals surface area contributed by atoms with Crippen LogP contribution in [0.5, 0.6) is 0 Å². The minimum absolute atomic E-state index is 0.605. The molecule has 0 spiro atoms. The largest absolute Gasteiger partial charge is 0.250 e. The first-order valence-corrected chi connectivity index (χ1v) is 11.7. The van der Waals surface area contributed by atoms with Gasteiger partial charge in [-0.15, -0.1) is 6.42 Å². The van der Waals surface area contributed by atoms with Crippen LogP contribution >= 0.6 is 0 Å². The van der Waals surface area contributed by atoms with Crippen LogP contribution in [0, 0.1) is 124 Å². The van der Waals surface area contributed by atoms with Gasteiger partial charge in [0, 0.05) is 27.8 Å². The van der Waals surface area contributed by atoms with E-state index in [1.165, 1.54) is 5.92 Å². The van der Waals surface area contributed by atoms with Gasteiger partial charge in [0.25, 0.3) is 5.95 Å². The maximum absolute atomic E-state index is 15.2. The van der Waals surface area contributed by atoms with Crippen molar-refractivity contribution >= 4 is 16.7 Å². The van der Waals surface area contributed by atoms with Crippen molar-refractivity contribution in [2.75, 3.05) is 0 Å². The lowest BCUT2D eigenvalue weighted by Crippen LogP contribution is -2.06. The van der Waals surface area contributed by atoms with Crippen LogP contribution in [0.1, 0.15) is 33.5 Å². The molecule has 0 saturated heterocycles. The first kappa shape index (κ1) is 32.0. The summed E-state index contributed by atoms with van der Waals surface area (Å²) in [6, 6.07) is 3.40. The monoisotopic (exact) mass is 632 g/mol. The Kier molecular flexibility index (Phi) is 8.03. The molecule has 0 amide bonds. The van der Waals surface area contributed by atoms with Crippen LogP contribution in [0.25, 0.3) is 16.7 Å². The first-order chi connectivity index (χ1) is 21.1. The van der Waals surface area contributed by atoms with Crippen LogP contribution in [0.4, 0.5) is 48.3 Å². The number of hydrogen-bond acceptors (Lipinski definition) is 4. The quantitative estimate of drug-likeness (QED) is 0.0988. The van der Waals surface area contributed by atoms with Gasteiger partial charge < -0.3 is 0 Å². The molecule has 15 heteroatoms. The highest BCUT2D eigenvalue weighted by molar-refractivity contribution is 6.12. The smallest absolute Gasteiger partial charge is 0.205 e. The molecule has 0 N–H and O–H groups in total. The van der Waals surface area contributed by atoms with E-state index in [9.17, 15) is 42.1 Å². The highest BCUT2D eigenvalue weighted by Gasteiger charge is 2.45. The van der Waals surface area contributed by atoms with Crippen molar-refractivity contribution in [3.05, 3.63) is 114 Å². The molecular weight excluding hydrogens is 625 g/mol. The number of allylic oxidation sites excluding steroid dienone is 6. The summed E-state index contributed by atoms with van der Waals surface area (Å²) in [4.78, 5) is 2.81. The van der Waals surface area contributed by atoms with E-state index in [4.69, 9.17) is 6.42 Å². The second-order valence-corrected chi connectivity index (χ2v) is 9.00. The molecule has 2 aromatic carbocycles. The first-order valence-electron chi connectivity index (χ1n) is 11.7. The Bertz CT molecular complexity index is 2020. The number of aromatic nitrogens is 1. The van der Waals surface area contributed by atoms with Crippen LogP contribution in [0.2, 0.25) is 0 Å². The Morgan fingerprint density at radius 1 is 0.489 bits per heavy atom. The van der Waals surface area contributed by atoms with Gasteiger partial charge in [-0.3, -0.25) is 0 Å². The number of terminal acetylenes is 1. The van der Waals surface area contributed by atoms with Crippen LogP contribution in [-0.2, 0) is 0 Å². The Balaban J connectivity index is 2.36. The van der Waals surface area contributed by atoms with Crippen LogP contribution < -0.4 is 0 Å². The molecule has 0 aliphatic heterocycles. The highest BCUT2D eigenvalue weighted by Crippen LogP contribution is 2.57. The molecule has 0 radical (unpaired) electrons. The zero-order chi connectivity index (χ0) is 33.8. The van der Waals surface area contributed by atoms with Gasteiger partial charge >= 0.3 is 0 Å². The second-order valence-electron chi connectivity index (χ2n) is 9.00. The third-order valence-corrected chi connectivity index (χ3v) is 6.66. The predicted molar refractivity (Wildman–Crippen MR) is 132 cm³/mol. The van der Waals surface area contributed by atoms with Crippen molar-refractivity contribution in [3.63, 3.8) is 0 Å². The SMILES string of the molecule is C#Cc1nc(F)c(F)c(/C(C#N)=C2\C(=C(C#N)c3c(F)c(F)c(C)c(F)c3F)\C2=C(/C#N)c2c(F)c(F)c(C)c(F)c2F)c1F. The molecule has 0 bridgehead atoms. The van der Waals surface area contributed by atoms with E-state index >= 15 is 22.0 Å². The predicted octanol–water partition coefficient (Wildman–Crippen LogP) is 7.46. The number of nitrogens with zero attached hydrogens (tertiary/aromatic N) is 4. The van der Waals surface area contributed by atoms with Gasteiger partial charge in [-0.1, -0.05) is 0 Å².